The molecule has 31 heavy (non-hydrogen) atoms. The molecule has 7 nitrogen and oxygen atoms in total. The Labute approximate surface area is 199 Å². The monoisotopic (exact) mass is 480 g/mol. The Bertz CT molecular complexity index is 484. The third-order valence-electron chi connectivity index (χ3n) is 4.79. The van der Waals surface area contributed by atoms with Crippen molar-refractivity contribution in [1.82, 2.24) is 0 Å². The molecule has 0 aromatic heterocycles. The van der Waals surface area contributed by atoms with Crippen molar-refractivity contribution < 1.29 is 33.9 Å². The topological polar surface area (TPSA) is 132 Å². The maximum Gasteiger partial charge on any atom is 0.466 e. The summed E-state index contributed by atoms with van der Waals surface area (Å²) in [6, 6.07) is 0. The number of carbonyl (C=O) groups excluding carboxylic acids is 1. The quantitative estimate of drug-likeness (QED) is 0.0741. The van der Waals surface area contributed by atoms with Crippen molar-refractivity contribution in [2.75, 3.05) is 0 Å². The molecule has 0 aliphatic rings. The summed E-state index contributed by atoms with van der Waals surface area (Å²) in [4.78, 5) is 43.7. The molecule has 4 N–H and O–H groups in total. The summed E-state index contributed by atoms with van der Waals surface area (Å²) < 4.78 is 8.88. The van der Waals surface area contributed by atoms with Gasteiger partial charge in [-0.2, -0.15) is 0 Å². The zero-order valence-corrected chi connectivity index (χ0v) is 19.7. The molecule has 0 saturated carbocycles. The maximum absolute atomic E-state index is 11.2. The van der Waals surface area contributed by atoms with E-state index in [1.54, 1.807) is 0 Å². The zero-order valence-electron chi connectivity index (χ0n) is 18.8. The molecule has 184 valence electrons. The van der Waals surface area contributed by atoms with E-state index in [1.165, 1.54) is 77.6 Å². The first-order valence-electron chi connectivity index (χ1n) is 11.3. The second kappa shape index (κ2) is 24.2. The first kappa shape index (κ1) is 35.1. The number of aliphatic carboxylic acids is 1. The molecule has 9 heteroatoms. The van der Waals surface area contributed by atoms with Crippen LogP contribution in [0.1, 0.15) is 110 Å². The van der Waals surface area contributed by atoms with Gasteiger partial charge in [-0.15, -0.1) is 0 Å². The summed E-state index contributed by atoms with van der Waals surface area (Å²) in [6.07, 6.45) is 22.5. The molecule has 0 fully saturated rings. The van der Waals surface area contributed by atoms with E-state index in [9.17, 15) is 9.59 Å². The molecular weight excluding hydrogens is 434 g/mol. The number of Topliss-reactive ketones (excluding diaryl/α,β-unsaturated/α-hetero) is 1. The number of hydrogen-bond acceptors (Lipinski definition) is 3. The first-order valence-corrected chi connectivity index (χ1v) is 12.8. The van der Waals surface area contributed by atoms with Crippen LogP contribution in [0.3, 0.4) is 0 Å². The Morgan fingerprint density at radius 3 is 1.48 bits per heavy atom. The van der Waals surface area contributed by atoms with Gasteiger partial charge in [-0.25, -0.2) is 4.57 Å². The molecule has 0 aliphatic carbocycles. The van der Waals surface area contributed by atoms with Crippen LogP contribution in [0.25, 0.3) is 0 Å². The highest BCUT2D eigenvalue weighted by molar-refractivity contribution is 7.45. The highest BCUT2D eigenvalue weighted by Gasteiger charge is 2.21. The van der Waals surface area contributed by atoms with Crippen LogP contribution in [-0.2, 0) is 14.2 Å². The van der Waals surface area contributed by atoms with E-state index in [1.807, 2.05) is 0 Å². The van der Waals surface area contributed by atoms with Crippen LogP contribution in [0.4, 0.5) is 0 Å². The molecule has 0 saturated heterocycles. The van der Waals surface area contributed by atoms with Crippen molar-refractivity contribution in [2.45, 2.75) is 110 Å². The summed E-state index contributed by atoms with van der Waals surface area (Å²) in [5, 5.41) is 8.94. The Morgan fingerprint density at radius 2 is 1.13 bits per heavy atom. The van der Waals surface area contributed by atoms with E-state index < -0.39 is 19.7 Å². The Balaban J connectivity index is -0.00000116. The molecule has 0 aromatic rings. The van der Waals surface area contributed by atoms with Gasteiger partial charge in [0.05, 0.1) is 0 Å². The number of allylic oxidation sites excluding steroid dienone is 2. The number of hydrogen-bond donors (Lipinski definition) is 4. The second-order valence-corrected chi connectivity index (χ2v) is 8.77. The van der Waals surface area contributed by atoms with Crippen molar-refractivity contribution in [3.05, 3.63) is 12.2 Å². The third-order valence-corrected chi connectivity index (χ3v) is 4.79. The van der Waals surface area contributed by atoms with Gasteiger partial charge in [-0.1, -0.05) is 83.3 Å². The molecule has 0 rings (SSSR count). The van der Waals surface area contributed by atoms with Crippen LogP contribution in [0, 0.1) is 5.92 Å². The van der Waals surface area contributed by atoms with Crippen LogP contribution in [0.2, 0.25) is 0 Å². The van der Waals surface area contributed by atoms with E-state index in [4.69, 9.17) is 24.4 Å². The van der Waals surface area contributed by atoms with Gasteiger partial charge in [0.25, 0.3) is 0 Å². The average molecular weight is 481 g/mol. The fourth-order valence-electron chi connectivity index (χ4n) is 3.10. The fraction of sp³-hybridized carbons (Fsp3) is 0.818. The number of phosphoric acid groups is 1. The minimum absolute atomic E-state index is 0. The van der Waals surface area contributed by atoms with Crippen molar-refractivity contribution in [2.24, 2.45) is 5.92 Å². The van der Waals surface area contributed by atoms with Gasteiger partial charge in [0.15, 0.2) is 17.4 Å². The lowest BCUT2D eigenvalue weighted by molar-refractivity contribution is -0.146. The van der Waals surface area contributed by atoms with Gasteiger partial charge < -0.3 is 19.8 Å². The minimum atomic E-state index is -4.64. The third kappa shape index (κ3) is 34.3. The Morgan fingerprint density at radius 1 is 0.774 bits per heavy atom. The van der Waals surface area contributed by atoms with Gasteiger partial charge >= 0.3 is 13.8 Å². The van der Waals surface area contributed by atoms with Crippen LogP contribution < -0.4 is 0 Å². The van der Waals surface area contributed by atoms with Gasteiger partial charge in [0, 0.05) is 0 Å². The summed E-state index contributed by atoms with van der Waals surface area (Å²) in [5.74, 6) is -1.99. The maximum atomic E-state index is 11.2. The predicted octanol–water partition coefficient (Wildman–Crippen LogP) is 4.59. The summed E-state index contributed by atoms with van der Waals surface area (Å²) >= 11 is 0. The zero-order chi connectivity index (χ0) is 23.3. The predicted molar refractivity (Wildman–Crippen MR) is 130 cm³/mol. The molecule has 0 amide bonds. The number of ketones is 1. The standard InChI is InChI=1S/C22H40O3.Al.H3O4P.3H/c1-3-4-5-6-7-8-9-10-11-12-13-14-15-16-17-18-19-21(20(2)23)22(24)25;;1-5(2,3)4;;;/h10-11,21H,3-9,12-19H2,1-2H3,(H,24,25);;(H3,1,2,3,4);;;/b11-10-;;;;;. The lowest BCUT2D eigenvalue weighted by atomic mass is 9.97. The van der Waals surface area contributed by atoms with Crippen LogP contribution in [0.5, 0.6) is 0 Å². The second-order valence-electron chi connectivity index (χ2n) is 7.74. The largest absolute Gasteiger partial charge is 0.481 e. The van der Waals surface area contributed by atoms with Crippen LogP contribution >= 0.6 is 7.82 Å². The molecule has 0 spiro atoms. The Hall–Kier alpha value is -0.478. The molecule has 0 bridgehead atoms. The number of rotatable bonds is 18. The van der Waals surface area contributed by atoms with Crippen LogP contribution in [-0.4, -0.2) is 48.9 Å². The lowest BCUT2D eigenvalue weighted by Crippen LogP contribution is -2.21. The van der Waals surface area contributed by atoms with Gasteiger partial charge in [0.1, 0.15) is 11.7 Å². The van der Waals surface area contributed by atoms with E-state index in [0.717, 1.165) is 19.3 Å². The number of carboxylic acids is 1. The van der Waals surface area contributed by atoms with E-state index in [0.29, 0.717) is 6.42 Å². The Kier molecular flexibility index (Phi) is 27.4. The van der Waals surface area contributed by atoms with Crippen molar-refractivity contribution in [1.29, 1.82) is 0 Å². The summed E-state index contributed by atoms with van der Waals surface area (Å²) in [5.41, 5.74) is 0. The highest BCUT2D eigenvalue weighted by Crippen LogP contribution is 2.25. The highest BCUT2D eigenvalue weighted by atomic mass is 31.2. The van der Waals surface area contributed by atoms with E-state index >= 15 is 0 Å². The molecule has 0 aromatic carbocycles. The number of carbonyl (C=O) groups is 2. The molecule has 0 heterocycles. The molecule has 0 radical (unpaired) electrons. The average Bonchev–Trinajstić information content (AvgIpc) is 2.62. The van der Waals surface area contributed by atoms with Crippen molar-refractivity contribution in [3.8, 4) is 0 Å². The van der Waals surface area contributed by atoms with E-state index in [2.05, 4.69) is 19.1 Å². The molecular formula is C22H46AlO7P. The lowest BCUT2D eigenvalue weighted by Gasteiger charge is -2.07. The molecule has 1 atom stereocenters. The normalized spacial score (nSPS) is 12.0. The summed E-state index contributed by atoms with van der Waals surface area (Å²) in [7, 11) is -4.64. The van der Waals surface area contributed by atoms with Crippen molar-refractivity contribution in [3.63, 3.8) is 0 Å². The number of unbranched alkanes of at least 4 members (excludes halogenated alkanes) is 12. The SMILES string of the molecule is CCCCCCCC/C=C\CCCCCCCCC(C(C)=O)C(=O)O.O=P(O)(O)O.[AlH3]. The smallest absolute Gasteiger partial charge is 0.466 e. The fourth-order valence-corrected chi connectivity index (χ4v) is 3.10. The van der Waals surface area contributed by atoms with Gasteiger partial charge in [-0.3, -0.25) is 9.59 Å². The van der Waals surface area contributed by atoms with Crippen molar-refractivity contribution >= 4 is 36.9 Å². The van der Waals surface area contributed by atoms with Gasteiger partial charge in [-0.05, 0) is 39.0 Å². The van der Waals surface area contributed by atoms with Gasteiger partial charge in [0.2, 0.25) is 0 Å². The first-order chi connectivity index (χ1) is 14.1. The summed E-state index contributed by atoms with van der Waals surface area (Å²) in [6.45, 7) is 3.63. The molecule has 0 aliphatic heterocycles. The minimum Gasteiger partial charge on any atom is -0.481 e. The van der Waals surface area contributed by atoms with E-state index in [-0.39, 0.29) is 23.1 Å². The van der Waals surface area contributed by atoms with Crippen LogP contribution in [0.15, 0.2) is 12.2 Å². The number of carboxylic acid groups (broad SMARTS) is 1. The molecule has 1 unspecified atom stereocenters.